The summed E-state index contributed by atoms with van der Waals surface area (Å²) in [7, 11) is 2.14. The number of benzene rings is 2. The largest absolute Gasteiger partial charge is 0.416 e. The van der Waals surface area contributed by atoms with E-state index in [2.05, 4.69) is 48.6 Å². The second kappa shape index (κ2) is 12.4. The third kappa shape index (κ3) is 7.82. The summed E-state index contributed by atoms with van der Waals surface area (Å²) in [6.07, 6.45) is 0.108. The molecule has 0 aliphatic heterocycles. The number of hydrogen-bond donors (Lipinski definition) is 2. The Bertz CT molecular complexity index is 1010. The lowest BCUT2D eigenvalue weighted by Crippen LogP contribution is -2.51. The number of halogens is 3. The summed E-state index contributed by atoms with van der Waals surface area (Å²) in [5.74, 6) is -0.756. The second-order valence-electron chi connectivity index (χ2n) is 9.95. The molecule has 196 valence electrons. The van der Waals surface area contributed by atoms with Crippen LogP contribution < -0.4 is 10.6 Å². The fourth-order valence-corrected chi connectivity index (χ4v) is 4.89. The first kappa shape index (κ1) is 27.7. The first-order valence-corrected chi connectivity index (χ1v) is 12.5. The Balaban J connectivity index is 1.59. The third-order valence-corrected chi connectivity index (χ3v) is 7.20. The van der Waals surface area contributed by atoms with Crippen molar-refractivity contribution in [2.75, 3.05) is 13.6 Å². The predicted molar refractivity (Wildman–Crippen MR) is 134 cm³/mol. The molecule has 1 aliphatic carbocycles. The van der Waals surface area contributed by atoms with Crippen LogP contribution in [0.3, 0.4) is 0 Å². The van der Waals surface area contributed by atoms with Crippen LogP contribution in [0.5, 0.6) is 0 Å². The van der Waals surface area contributed by atoms with Crippen LogP contribution in [0.15, 0.2) is 54.6 Å². The second-order valence-corrected chi connectivity index (χ2v) is 9.95. The summed E-state index contributed by atoms with van der Waals surface area (Å²) in [6.45, 7) is 4.08. The number of alkyl halides is 3. The van der Waals surface area contributed by atoms with Crippen molar-refractivity contribution >= 4 is 11.8 Å². The third-order valence-electron chi connectivity index (χ3n) is 7.20. The van der Waals surface area contributed by atoms with Gasteiger partial charge in [-0.25, -0.2) is 0 Å². The normalized spacial score (nSPS) is 20.4. The molecule has 5 nitrogen and oxygen atoms in total. The molecule has 1 fully saturated rings. The topological polar surface area (TPSA) is 61.4 Å². The van der Waals surface area contributed by atoms with Crippen LogP contribution in [-0.4, -0.2) is 48.4 Å². The summed E-state index contributed by atoms with van der Waals surface area (Å²) in [5, 5.41) is 5.54. The van der Waals surface area contributed by atoms with E-state index in [0.717, 1.165) is 44.2 Å². The van der Waals surface area contributed by atoms with E-state index in [1.807, 2.05) is 18.2 Å². The molecule has 0 heterocycles. The van der Waals surface area contributed by atoms with Gasteiger partial charge in [0.25, 0.3) is 5.91 Å². The summed E-state index contributed by atoms with van der Waals surface area (Å²) in [4.78, 5) is 27.5. The lowest BCUT2D eigenvalue weighted by molar-refractivity contribution is -0.137. The van der Waals surface area contributed by atoms with Gasteiger partial charge < -0.3 is 15.5 Å². The molecule has 2 N–H and O–H groups in total. The van der Waals surface area contributed by atoms with Crippen molar-refractivity contribution in [1.29, 1.82) is 0 Å². The van der Waals surface area contributed by atoms with Crippen LogP contribution in [0.4, 0.5) is 13.2 Å². The Hall–Kier alpha value is -2.87. The van der Waals surface area contributed by atoms with Gasteiger partial charge in [0.1, 0.15) is 0 Å². The van der Waals surface area contributed by atoms with Crippen molar-refractivity contribution in [2.24, 2.45) is 5.92 Å². The van der Waals surface area contributed by atoms with Gasteiger partial charge in [0.05, 0.1) is 12.1 Å². The number of amides is 2. The monoisotopic (exact) mass is 503 g/mol. The average Bonchev–Trinajstić information content (AvgIpc) is 2.86. The van der Waals surface area contributed by atoms with Crippen LogP contribution in [0.2, 0.25) is 0 Å². The zero-order valence-corrected chi connectivity index (χ0v) is 21.1. The van der Waals surface area contributed by atoms with Crippen molar-refractivity contribution in [3.63, 3.8) is 0 Å². The first-order chi connectivity index (χ1) is 17.0. The molecule has 0 spiro atoms. The average molecular weight is 504 g/mol. The molecule has 2 amide bonds. The standard InChI is InChI=1S/C28H36F3N3O2/c1-19(2)34(3)24-14-15-25(21(17-24)13-12-20-8-5-4-6-9-20)33-26(35)18-32-27(36)22-10-7-11-23(16-22)28(29,30)31/h4-11,16,19,21,24-25H,12-15,17-18H2,1-3H3,(H,32,36)(H,33,35)/t21-,24-,25+/m1/s1. The number of rotatable bonds is 9. The van der Waals surface area contributed by atoms with Crippen molar-refractivity contribution in [2.45, 2.75) is 70.3 Å². The number of aryl methyl sites for hydroxylation is 1. The summed E-state index contributed by atoms with van der Waals surface area (Å²) in [5.41, 5.74) is 0.231. The minimum Gasteiger partial charge on any atom is -0.352 e. The zero-order valence-electron chi connectivity index (χ0n) is 21.1. The molecule has 0 radical (unpaired) electrons. The molecule has 3 rings (SSSR count). The van der Waals surface area contributed by atoms with Crippen molar-refractivity contribution in [3.8, 4) is 0 Å². The maximum absolute atomic E-state index is 12.9. The Morgan fingerprint density at radius 2 is 1.78 bits per heavy atom. The first-order valence-electron chi connectivity index (χ1n) is 12.5. The molecule has 0 aromatic heterocycles. The van der Waals surface area contributed by atoms with E-state index in [-0.39, 0.29) is 30.0 Å². The highest BCUT2D eigenvalue weighted by Gasteiger charge is 2.34. The molecule has 2 aromatic carbocycles. The van der Waals surface area contributed by atoms with Crippen LogP contribution in [-0.2, 0) is 17.4 Å². The molecular weight excluding hydrogens is 467 g/mol. The number of hydrogen-bond acceptors (Lipinski definition) is 3. The van der Waals surface area contributed by atoms with Crippen molar-refractivity contribution < 1.29 is 22.8 Å². The van der Waals surface area contributed by atoms with Crippen molar-refractivity contribution in [3.05, 3.63) is 71.3 Å². The molecule has 3 atom stereocenters. The Kier molecular flexibility index (Phi) is 9.54. The Labute approximate surface area is 211 Å². The number of carbonyl (C=O) groups is 2. The van der Waals surface area contributed by atoms with Gasteiger partial charge in [-0.3, -0.25) is 9.59 Å². The van der Waals surface area contributed by atoms with Gasteiger partial charge in [-0.15, -0.1) is 0 Å². The zero-order chi connectivity index (χ0) is 26.3. The maximum Gasteiger partial charge on any atom is 0.416 e. The number of carbonyl (C=O) groups excluding carboxylic acids is 2. The quantitative estimate of drug-likeness (QED) is 0.503. The Morgan fingerprint density at radius 1 is 1.06 bits per heavy atom. The predicted octanol–water partition coefficient (Wildman–Crippen LogP) is 5.06. The minimum absolute atomic E-state index is 0.0107. The summed E-state index contributed by atoms with van der Waals surface area (Å²) < 4.78 is 38.8. The van der Waals surface area contributed by atoms with E-state index in [0.29, 0.717) is 12.1 Å². The van der Waals surface area contributed by atoms with Crippen LogP contribution in [0.1, 0.15) is 61.0 Å². The number of nitrogens with one attached hydrogen (secondary N) is 2. The van der Waals surface area contributed by atoms with Gasteiger partial charge in [0, 0.05) is 23.7 Å². The van der Waals surface area contributed by atoms with E-state index < -0.39 is 17.6 Å². The lowest BCUT2D eigenvalue weighted by atomic mass is 9.77. The smallest absolute Gasteiger partial charge is 0.352 e. The van der Waals surface area contributed by atoms with Gasteiger partial charge in [0.15, 0.2) is 0 Å². The van der Waals surface area contributed by atoms with Crippen LogP contribution in [0, 0.1) is 5.92 Å². The molecule has 0 saturated heterocycles. The van der Waals surface area contributed by atoms with Gasteiger partial charge >= 0.3 is 6.18 Å². The van der Waals surface area contributed by atoms with E-state index in [9.17, 15) is 22.8 Å². The van der Waals surface area contributed by atoms with Gasteiger partial charge in [-0.2, -0.15) is 13.2 Å². The van der Waals surface area contributed by atoms with Gasteiger partial charge in [0.2, 0.25) is 5.91 Å². The molecule has 2 aromatic rings. The molecule has 0 unspecified atom stereocenters. The summed E-state index contributed by atoms with van der Waals surface area (Å²) >= 11 is 0. The van der Waals surface area contributed by atoms with E-state index in [4.69, 9.17) is 0 Å². The minimum atomic E-state index is -4.54. The molecule has 1 saturated carbocycles. The molecular formula is C28H36F3N3O2. The van der Waals surface area contributed by atoms with Gasteiger partial charge in [-0.1, -0.05) is 36.4 Å². The molecule has 0 bridgehead atoms. The SMILES string of the molecule is CC(C)N(C)[C@@H]1CC[C@H](NC(=O)CNC(=O)c2cccc(C(F)(F)F)c2)[C@H](CCc2ccccc2)C1. The van der Waals surface area contributed by atoms with Crippen LogP contribution >= 0.6 is 0 Å². The maximum atomic E-state index is 12.9. The molecule has 1 aliphatic rings. The molecule has 36 heavy (non-hydrogen) atoms. The highest BCUT2D eigenvalue weighted by atomic mass is 19.4. The van der Waals surface area contributed by atoms with Gasteiger partial charge in [-0.05, 0) is 82.7 Å². The fourth-order valence-electron chi connectivity index (χ4n) is 4.89. The van der Waals surface area contributed by atoms with E-state index >= 15 is 0 Å². The highest BCUT2D eigenvalue weighted by molar-refractivity contribution is 5.96. The summed E-state index contributed by atoms with van der Waals surface area (Å²) in [6, 6.07) is 15.3. The highest BCUT2D eigenvalue weighted by Crippen LogP contribution is 2.32. The fraction of sp³-hybridized carbons (Fsp3) is 0.500. The Morgan fingerprint density at radius 3 is 2.44 bits per heavy atom. The molecule has 8 heteroatoms. The van der Waals surface area contributed by atoms with E-state index in [1.165, 1.54) is 17.7 Å². The number of nitrogens with zero attached hydrogens (tertiary/aromatic N) is 1. The van der Waals surface area contributed by atoms with E-state index in [1.54, 1.807) is 0 Å². The van der Waals surface area contributed by atoms with Crippen LogP contribution in [0.25, 0.3) is 0 Å². The lowest BCUT2D eigenvalue weighted by Gasteiger charge is -2.42. The van der Waals surface area contributed by atoms with Crippen molar-refractivity contribution in [1.82, 2.24) is 15.5 Å².